The second kappa shape index (κ2) is 3.96. The molecule has 0 aliphatic carbocycles. The molecular weight excluding hydrogens is 197 g/mol. The molecule has 74 valence electrons. The molecule has 14 heavy (non-hydrogen) atoms. The fourth-order valence-corrected chi connectivity index (χ4v) is 0.884. The third-order valence-electron chi connectivity index (χ3n) is 1.49. The molecule has 0 N–H and O–H groups in total. The summed E-state index contributed by atoms with van der Waals surface area (Å²) in [7, 11) is 1.10. The summed E-state index contributed by atoms with van der Waals surface area (Å²) in [6.45, 7) is 0. The lowest BCUT2D eigenvalue weighted by Gasteiger charge is -2.05. The predicted octanol–water partition coefficient (Wildman–Crippen LogP) is 2.04. The Kier molecular flexibility index (Phi) is 2.92. The summed E-state index contributed by atoms with van der Waals surface area (Å²) in [5.41, 5.74) is -1.26. The lowest BCUT2D eigenvalue weighted by atomic mass is 10.2. The Morgan fingerprint density at radius 3 is 2.64 bits per heavy atom. The normalized spacial score (nSPS) is 10.0. The van der Waals surface area contributed by atoms with Gasteiger partial charge in [-0.25, -0.2) is 18.2 Å². The minimum absolute atomic E-state index is 0.488. The van der Waals surface area contributed by atoms with Crippen molar-refractivity contribution in [1.29, 1.82) is 5.26 Å². The molecule has 0 bridgehead atoms. The maximum atomic E-state index is 12.9. The van der Waals surface area contributed by atoms with Gasteiger partial charge >= 0.3 is 0 Å². The van der Waals surface area contributed by atoms with Gasteiger partial charge in [-0.1, -0.05) is 0 Å². The summed E-state index contributed by atoms with van der Waals surface area (Å²) in [4.78, 5) is 3.19. The fraction of sp³-hybridized carbons (Fsp3) is 0.250. The molecule has 0 aromatic carbocycles. The zero-order chi connectivity index (χ0) is 10.7. The highest BCUT2D eigenvalue weighted by atomic mass is 19.3. The first-order valence-corrected chi connectivity index (χ1v) is 3.52. The number of hydrogen-bond donors (Lipinski definition) is 0. The number of rotatable bonds is 2. The Labute approximate surface area is 77.7 Å². The van der Waals surface area contributed by atoms with Crippen LogP contribution in [-0.2, 0) is 0 Å². The van der Waals surface area contributed by atoms with Gasteiger partial charge in [-0.3, -0.25) is 0 Å². The van der Waals surface area contributed by atoms with E-state index in [1.165, 1.54) is 6.07 Å². The van der Waals surface area contributed by atoms with Crippen molar-refractivity contribution in [1.82, 2.24) is 4.98 Å². The van der Waals surface area contributed by atoms with E-state index >= 15 is 0 Å². The number of methoxy groups -OCH3 is 1. The maximum absolute atomic E-state index is 12.9. The zero-order valence-electron chi connectivity index (χ0n) is 7.09. The molecule has 6 heteroatoms. The first-order valence-electron chi connectivity index (χ1n) is 3.52. The molecule has 0 saturated carbocycles. The van der Waals surface area contributed by atoms with Gasteiger partial charge in [0.15, 0.2) is 5.82 Å². The predicted molar refractivity (Wildman–Crippen MR) is 40.4 cm³/mol. The van der Waals surface area contributed by atoms with Crippen molar-refractivity contribution in [3.05, 3.63) is 23.1 Å². The van der Waals surface area contributed by atoms with Crippen LogP contribution in [0.3, 0.4) is 0 Å². The topological polar surface area (TPSA) is 45.9 Å². The average molecular weight is 202 g/mol. The van der Waals surface area contributed by atoms with Gasteiger partial charge in [-0.05, 0) is 6.07 Å². The van der Waals surface area contributed by atoms with Crippen molar-refractivity contribution in [2.45, 2.75) is 6.43 Å². The average Bonchev–Trinajstić information content (AvgIpc) is 2.16. The maximum Gasteiger partial charge on any atom is 0.281 e. The molecule has 0 saturated heterocycles. The van der Waals surface area contributed by atoms with Gasteiger partial charge in [0.2, 0.25) is 0 Å². The van der Waals surface area contributed by atoms with E-state index in [1.807, 2.05) is 0 Å². The Balaban J connectivity index is 3.34. The van der Waals surface area contributed by atoms with Crippen LogP contribution in [-0.4, -0.2) is 12.1 Å². The number of ether oxygens (including phenoxy) is 1. The van der Waals surface area contributed by atoms with Crippen LogP contribution in [0.15, 0.2) is 6.07 Å². The first-order chi connectivity index (χ1) is 6.60. The summed E-state index contributed by atoms with van der Waals surface area (Å²) in [6, 6.07) is 2.10. The molecule has 1 heterocycles. The molecule has 1 rings (SSSR count). The van der Waals surface area contributed by atoms with Gasteiger partial charge in [-0.2, -0.15) is 5.26 Å². The molecule has 0 amide bonds. The number of nitrogens with zero attached hydrogens (tertiary/aromatic N) is 2. The summed E-state index contributed by atoms with van der Waals surface area (Å²) in [6.07, 6.45) is -2.93. The molecule has 0 radical (unpaired) electrons. The van der Waals surface area contributed by atoms with Gasteiger partial charge < -0.3 is 4.74 Å². The van der Waals surface area contributed by atoms with E-state index < -0.39 is 29.4 Å². The third kappa shape index (κ3) is 1.76. The molecule has 0 aliphatic heterocycles. The minimum Gasteiger partial charge on any atom is -0.479 e. The van der Waals surface area contributed by atoms with Crippen molar-refractivity contribution >= 4 is 0 Å². The monoisotopic (exact) mass is 202 g/mol. The van der Waals surface area contributed by atoms with Crippen LogP contribution in [0.25, 0.3) is 0 Å². The molecule has 0 spiro atoms. The number of hydrogen-bond acceptors (Lipinski definition) is 3. The largest absolute Gasteiger partial charge is 0.479 e. The van der Waals surface area contributed by atoms with Crippen LogP contribution in [0.1, 0.15) is 17.7 Å². The molecular formula is C8H5F3N2O. The smallest absolute Gasteiger partial charge is 0.281 e. The summed E-state index contributed by atoms with van der Waals surface area (Å²) < 4.78 is 41.8. The van der Waals surface area contributed by atoms with E-state index in [2.05, 4.69) is 9.72 Å². The summed E-state index contributed by atoms with van der Waals surface area (Å²) in [5.74, 6) is -1.48. The molecule has 0 fully saturated rings. The van der Waals surface area contributed by atoms with Crippen molar-refractivity contribution in [2.24, 2.45) is 0 Å². The number of halogens is 3. The van der Waals surface area contributed by atoms with Crippen molar-refractivity contribution in [2.75, 3.05) is 7.11 Å². The molecule has 0 unspecified atom stereocenters. The second-order valence-electron chi connectivity index (χ2n) is 2.32. The fourth-order valence-electron chi connectivity index (χ4n) is 0.884. The van der Waals surface area contributed by atoms with Gasteiger partial charge in [0.1, 0.15) is 11.8 Å². The van der Waals surface area contributed by atoms with Crippen LogP contribution in [0, 0.1) is 17.1 Å². The third-order valence-corrected chi connectivity index (χ3v) is 1.49. The lowest BCUT2D eigenvalue weighted by molar-refractivity contribution is 0.144. The molecule has 1 aromatic rings. The molecule has 1 aromatic heterocycles. The Morgan fingerprint density at radius 1 is 1.57 bits per heavy atom. The number of pyridine rings is 1. The van der Waals surface area contributed by atoms with E-state index in [0.29, 0.717) is 6.07 Å². The molecule has 0 aliphatic rings. The van der Waals surface area contributed by atoms with Crippen LogP contribution in [0.5, 0.6) is 5.88 Å². The van der Waals surface area contributed by atoms with E-state index in [9.17, 15) is 13.2 Å². The van der Waals surface area contributed by atoms with E-state index in [1.54, 1.807) is 0 Å². The standard InChI is InChI=1S/C8H5F3N2O/c1-14-8-5(9)2-4(3-12)6(13-8)7(10)11/h2,7H,1H3. The Bertz CT molecular complexity index is 387. The van der Waals surface area contributed by atoms with Crippen molar-refractivity contribution in [3.8, 4) is 11.9 Å². The van der Waals surface area contributed by atoms with Gasteiger partial charge in [-0.15, -0.1) is 0 Å². The van der Waals surface area contributed by atoms with Crippen LogP contribution in [0.2, 0.25) is 0 Å². The van der Waals surface area contributed by atoms with E-state index in [4.69, 9.17) is 5.26 Å². The lowest BCUT2D eigenvalue weighted by Crippen LogP contribution is -2.01. The Hall–Kier alpha value is -1.77. The highest BCUT2D eigenvalue weighted by Crippen LogP contribution is 2.25. The van der Waals surface area contributed by atoms with Gasteiger partial charge in [0.05, 0.1) is 12.7 Å². The number of aromatic nitrogens is 1. The van der Waals surface area contributed by atoms with Gasteiger partial charge in [0, 0.05) is 0 Å². The zero-order valence-corrected chi connectivity index (χ0v) is 7.09. The quantitative estimate of drug-likeness (QED) is 0.737. The van der Waals surface area contributed by atoms with Crippen molar-refractivity contribution in [3.63, 3.8) is 0 Å². The van der Waals surface area contributed by atoms with E-state index in [-0.39, 0.29) is 0 Å². The van der Waals surface area contributed by atoms with Gasteiger partial charge in [0.25, 0.3) is 12.3 Å². The van der Waals surface area contributed by atoms with Crippen LogP contribution >= 0.6 is 0 Å². The molecule has 0 atom stereocenters. The van der Waals surface area contributed by atoms with E-state index in [0.717, 1.165) is 7.11 Å². The van der Waals surface area contributed by atoms with Crippen LogP contribution < -0.4 is 4.74 Å². The SMILES string of the molecule is COc1nc(C(F)F)c(C#N)cc1F. The summed E-state index contributed by atoms with van der Waals surface area (Å²) >= 11 is 0. The number of alkyl halides is 2. The minimum atomic E-state index is -2.93. The second-order valence-corrected chi connectivity index (χ2v) is 2.32. The molecule has 3 nitrogen and oxygen atoms in total. The van der Waals surface area contributed by atoms with Crippen LogP contribution in [0.4, 0.5) is 13.2 Å². The Morgan fingerprint density at radius 2 is 2.21 bits per heavy atom. The highest BCUT2D eigenvalue weighted by Gasteiger charge is 2.19. The first kappa shape index (κ1) is 10.3. The highest BCUT2D eigenvalue weighted by molar-refractivity contribution is 5.37. The van der Waals surface area contributed by atoms with Crippen molar-refractivity contribution < 1.29 is 17.9 Å². The summed E-state index contributed by atoms with van der Waals surface area (Å²) in [5, 5.41) is 8.42. The number of nitriles is 1.